The lowest BCUT2D eigenvalue weighted by Gasteiger charge is -2.16. The van der Waals surface area contributed by atoms with E-state index in [1.54, 1.807) is 4.90 Å². The first kappa shape index (κ1) is 14.4. The second-order valence-corrected chi connectivity index (χ2v) is 5.73. The second kappa shape index (κ2) is 6.30. The standard InChI is InChI=1S/C10H19FN2O3S/c1-2-12-4-3-5-13-7-9(6-10(13)14)8-17(11,15)16/h9,12H,2-8H2,1H3. The smallest absolute Gasteiger partial charge is 0.302 e. The van der Waals surface area contributed by atoms with Crippen molar-refractivity contribution in [2.75, 3.05) is 31.9 Å². The Balaban J connectivity index is 2.32. The molecule has 1 heterocycles. The van der Waals surface area contributed by atoms with Crippen LogP contribution < -0.4 is 5.32 Å². The Bertz CT molecular complexity index is 359. The summed E-state index contributed by atoms with van der Waals surface area (Å²) in [6.07, 6.45) is 0.971. The van der Waals surface area contributed by atoms with Gasteiger partial charge in [0.15, 0.2) is 0 Å². The van der Waals surface area contributed by atoms with Crippen LogP contribution in [0.1, 0.15) is 19.8 Å². The number of halogens is 1. The number of nitrogens with one attached hydrogen (secondary N) is 1. The quantitative estimate of drug-likeness (QED) is 0.525. The molecule has 0 aliphatic carbocycles. The summed E-state index contributed by atoms with van der Waals surface area (Å²) in [6.45, 7) is 4.68. The van der Waals surface area contributed by atoms with E-state index in [9.17, 15) is 17.1 Å². The monoisotopic (exact) mass is 266 g/mol. The van der Waals surface area contributed by atoms with Crippen molar-refractivity contribution >= 4 is 16.1 Å². The summed E-state index contributed by atoms with van der Waals surface area (Å²) in [5, 5.41) is 3.14. The van der Waals surface area contributed by atoms with E-state index < -0.39 is 21.9 Å². The molecule has 100 valence electrons. The van der Waals surface area contributed by atoms with Crippen molar-refractivity contribution in [3.8, 4) is 0 Å². The zero-order valence-electron chi connectivity index (χ0n) is 9.99. The molecule has 0 spiro atoms. The van der Waals surface area contributed by atoms with Crippen LogP contribution in [-0.2, 0) is 15.0 Å². The van der Waals surface area contributed by atoms with Crippen molar-refractivity contribution in [1.29, 1.82) is 0 Å². The van der Waals surface area contributed by atoms with Crippen molar-refractivity contribution in [3.63, 3.8) is 0 Å². The molecule has 7 heteroatoms. The third kappa shape index (κ3) is 5.45. The number of nitrogens with zero attached hydrogens (tertiary/aromatic N) is 1. The first-order valence-corrected chi connectivity index (χ1v) is 7.38. The fourth-order valence-electron chi connectivity index (χ4n) is 2.03. The largest absolute Gasteiger partial charge is 0.342 e. The highest BCUT2D eigenvalue weighted by molar-refractivity contribution is 7.86. The summed E-state index contributed by atoms with van der Waals surface area (Å²) in [5.74, 6) is -1.01. The van der Waals surface area contributed by atoms with Crippen LogP contribution in [-0.4, -0.2) is 51.2 Å². The van der Waals surface area contributed by atoms with Gasteiger partial charge < -0.3 is 10.2 Å². The van der Waals surface area contributed by atoms with Gasteiger partial charge in [-0.25, -0.2) is 0 Å². The SMILES string of the molecule is CCNCCCN1CC(CS(=O)(=O)F)CC1=O. The molecular formula is C10H19FN2O3S. The molecule has 1 rings (SSSR count). The van der Waals surface area contributed by atoms with Crippen molar-refractivity contribution in [2.45, 2.75) is 19.8 Å². The summed E-state index contributed by atoms with van der Waals surface area (Å²) >= 11 is 0. The summed E-state index contributed by atoms with van der Waals surface area (Å²) < 4.78 is 33.5. The van der Waals surface area contributed by atoms with Crippen LogP contribution in [0.3, 0.4) is 0 Å². The first-order valence-electron chi connectivity index (χ1n) is 5.83. The minimum absolute atomic E-state index is 0.0739. The van der Waals surface area contributed by atoms with Crippen molar-refractivity contribution < 1.29 is 17.1 Å². The molecule has 0 bridgehead atoms. The molecular weight excluding hydrogens is 247 g/mol. The highest BCUT2D eigenvalue weighted by Crippen LogP contribution is 2.20. The normalized spacial score (nSPS) is 21.2. The number of carbonyl (C=O) groups excluding carboxylic acids is 1. The Morgan fingerprint density at radius 3 is 2.82 bits per heavy atom. The number of rotatable bonds is 7. The number of hydrogen-bond acceptors (Lipinski definition) is 4. The Morgan fingerprint density at radius 1 is 1.53 bits per heavy atom. The molecule has 1 saturated heterocycles. The molecule has 0 radical (unpaired) electrons. The molecule has 0 aromatic rings. The van der Waals surface area contributed by atoms with Crippen molar-refractivity contribution in [3.05, 3.63) is 0 Å². The van der Waals surface area contributed by atoms with Gasteiger partial charge in [0.25, 0.3) is 0 Å². The molecule has 0 saturated carbocycles. The summed E-state index contributed by atoms with van der Waals surface area (Å²) in [6, 6.07) is 0. The number of likely N-dealkylation sites (tertiary alicyclic amines) is 1. The van der Waals surface area contributed by atoms with Crippen LogP contribution in [0.15, 0.2) is 0 Å². The van der Waals surface area contributed by atoms with E-state index in [0.29, 0.717) is 13.1 Å². The predicted molar refractivity (Wildman–Crippen MR) is 62.7 cm³/mol. The minimum atomic E-state index is -4.47. The molecule has 1 unspecified atom stereocenters. The fourth-order valence-corrected chi connectivity index (χ4v) is 2.82. The van der Waals surface area contributed by atoms with Gasteiger partial charge in [-0.1, -0.05) is 6.92 Å². The van der Waals surface area contributed by atoms with Crippen LogP contribution in [0, 0.1) is 5.92 Å². The molecule has 0 aromatic carbocycles. The molecule has 1 amide bonds. The summed E-state index contributed by atoms with van der Waals surface area (Å²) in [4.78, 5) is 13.1. The fraction of sp³-hybridized carbons (Fsp3) is 0.900. The Labute approximate surface area is 102 Å². The van der Waals surface area contributed by atoms with Gasteiger partial charge in [0.05, 0.1) is 5.75 Å². The van der Waals surface area contributed by atoms with Gasteiger partial charge in [-0.05, 0) is 19.5 Å². The number of amides is 1. The molecule has 1 atom stereocenters. The van der Waals surface area contributed by atoms with Crippen molar-refractivity contribution in [1.82, 2.24) is 10.2 Å². The maximum absolute atomic E-state index is 12.5. The molecule has 1 aliphatic rings. The third-order valence-electron chi connectivity index (χ3n) is 2.76. The molecule has 1 aliphatic heterocycles. The molecule has 0 aromatic heterocycles. The zero-order valence-corrected chi connectivity index (χ0v) is 10.8. The second-order valence-electron chi connectivity index (χ2n) is 4.32. The lowest BCUT2D eigenvalue weighted by Crippen LogP contribution is -2.29. The summed E-state index contributed by atoms with van der Waals surface area (Å²) in [7, 11) is -4.47. The number of carbonyl (C=O) groups is 1. The topological polar surface area (TPSA) is 66.5 Å². The van der Waals surface area contributed by atoms with Crippen LogP contribution >= 0.6 is 0 Å². The molecule has 1 fully saturated rings. The van der Waals surface area contributed by atoms with E-state index in [-0.39, 0.29) is 12.3 Å². The lowest BCUT2D eigenvalue weighted by atomic mass is 10.1. The van der Waals surface area contributed by atoms with Gasteiger partial charge in [0, 0.05) is 25.4 Å². The van der Waals surface area contributed by atoms with E-state index in [1.807, 2.05) is 6.92 Å². The highest BCUT2D eigenvalue weighted by Gasteiger charge is 2.32. The first-order chi connectivity index (χ1) is 7.92. The summed E-state index contributed by atoms with van der Waals surface area (Å²) in [5.41, 5.74) is 0. The highest BCUT2D eigenvalue weighted by atomic mass is 32.3. The molecule has 17 heavy (non-hydrogen) atoms. The third-order valence-corrected chi connectivity index (χ3v) is 3.63. The van der Waals surface area contributed by atoms with Crippen LogP contribution in [0.5, 0.6) is 0 Å². The van der Waals surface area contributed by atoms with E-state index >= 15 is 0 Å². The van der Waals surface area contributed by atoms with Gasteiger partial charge in [-0.15, -0.1) is 3.89 Å². The van der Waals surface area contributed by atoms with Crippen LogP contribution in [0.4, 0.5) is 3.89 Å². The van der Waals surface area contributed by atoms with Crippen LogP contribution in [0.25, 0.3) is 0 Å². The van der Waals surface area contributed by atoms with Crippen molar-refractivity contribution in [2.24, 2.45) is 5.92 Å². The van der Waals surface area contributed by atoms with Gasteiger partial charge in [0.2, 0.25) is 5.91 Å². The predicted octanol–water partition coefficient (Wildman–Crippen LogP) is 0.134. The van der Waals surface area contributed by atoms with E-state index in [2.05, 4.69) is 5.32 Å². The Hall–Kier alpha value is -0.690. The lowest BCUT2D eigenvalue weighted by molar-refractivity contribution is -0.127. The van der Waals surface area contributed by atoms with Gasteiger partial charge in [0.1, 0.15) is 0 Å². The molecule has 5 nitrogen and oxygen atoms in total. The van der Waals surface area contributed by atoms with Crippen LogP contribution in [0.2, 0.25) is 0 Å². The van der Waals surface area contributed by atoms with Gasteiger partial charge in [-0.3, -0.25) is 4.79 Å². The molecule has 1 N–H and O–H groups in total. The average molecular weight is 266 g/mol. The minimum Gasteiger partial charge on any atom is -0.342 e. The van der Waals surface area contributed by atoms with Gasteiger partial charge in [-0.2, -0.15) is 8.42 Å². The average Bonchev–Trinajstić information content (AvgIpc) is 2.51. The number of hydrogen-bond donors (Lipinski definition) is 1. The van der Waals surface area contributed by atoms with E-state index in [0.717, 1.165) is 19.5 Å². The zero-order chi connectivity index (χ0) is 12.9. The maximum atomic E-state index is 12.5. The maximum Gasteiger partial charge on any atom is 0.302 e. The Kier molecular flexibility index (Phi) is 5.32. The van der Waals surface area contributed by atoms with E-state index in [4.69, 9.17) is 0 Å². The van der Waals surface area contributed by atoms with Gasteiger partial charge >= 0.3 is 10.2 Å². The Morgan fingerprint density at radius 2 is 2.24 bits per heavy atom. The van der Waals surface area contributed by atoms with E-state index in [1.165, 1.54) is 0 Å².